The van der Waals surface area contributed by atoms with Crippen LogP contribution in [0.3, 0.4) is 0 Å². The zero-order chi connectivity index (χ0) is 12.3. The summed E-state index contributed by atoms with van der Waals surface area (Å²) in [5.41, 5.74) is 5.42. The van der Waals surface area contributed by atoms with E-state index in [0.29, 0.717) is 11.8 Å². The Kier molecular flexibility index (Phi) is 3.82. The van der Waals surface area contributed by atoms with E-state index in [1.807, 2.05) is 13.8 Å². The van der Waals surface area contributed by atoms with E-state index in [1.165, 1.54) is 44.9 Å². The van der Waals surface area contributed by atoms with Gasteiger partial charge in [0, 0.05) is 5.92 Å². The Morgan fingerprint density at radius 1 is 1.12 bits per heavy atom. The maximum atomic E-state index is 5.96. The van der Waals surface area contributed by atoms with Gasteiger partial charge in [-0.05, 0) is 26.7 Å². The van der Waals surface area contributed by atoms with Crippen LogP contribution in [0.25, 0.3) is 0 Å². The highest BCUT2D eigenvalue weighted by atomic mass is 16.5. The van der Waals surface area contributed by atoms with Crippen molar-refractivity contribution in [3.8, 4) is 0 Å². The molecule has 17 heavy (non-hydrogen) atoms. The lowest BCUT2D eigenvalue weighted by Gasteiger charge is -2.16. The molecule has 0 aliphatic heterocycles. The van der Waals surface area contributed by atoms with E-state index in [-0.39, 0.29) is 0 Å². The molecule has 1 fully saturated rings. The van der Waals surface area contributed by atoms with E-state index < -0.39 is 5.54 Å². The van der Waals surface area contributed by atoms with Gasteiger partial charge in [0.25, 0.3) is 0 Å². The molecule has 1 saturated carbocycles. The Hall–Kier alpha value is -0.900. The van der Waals surface area contributed by atoms with Crippen molar-refractivity contribution in [1.29, 1.82) is 0 Å². The summed E-state index contributed by atoms with van der Waals surface area (Å²) in [4.78, 5) is 4.47. The molecular weight excluding hydrogens is 214 g/mol. The second-order valence-electron chi connectivity index (χ2n) is 5.72. The van der Waals surface area contributed by atoms with Crippen molar-refractivity contribution in [2.75, 3.05) is 0 Å². The van der Waals surface area contributed by atoms with Gasteiger partial charge in [0.2, 0.25) is 5.89 Å². The summed E-state index contributed by atoms with van der Waals surface area (Å²) in [6.45, 7) is 3.78. The van der Waals surface area contributed by atoms with Gasteiger partial charge in [-0.25, -0.2) is 0 Å². The SMILES string of the molecule is CC(C)(N)c1nc(C2CCCCCCC2)no1. The molecule has 0 amide bonds. The van der Waals surface area contributed by atoms with Crippen LogP contribution in [0.2, 0.25) is 0 Å². The van der Waals surface area contributed by atoms with Crippen LogP contribution in [0.5, 0.6) is 0 Å². The molecule has 0 saturated heterocycles. The highest BCUT2D eigenvalue weighted by Crippen LogP contribution is 2.30. The van der Waals surface area contributed by atoms with Crippen LogP contribution < -0.4 is 5.73 Å². The fraction of sp³-hybridized carbons (Fsp3) is 0.846. The zero-order valence-corrected chi connectivity index (χ0v) is 10.9. The third-order valence-electron chi connectivity index (χ3n) is 3.46. The average Bonchev–Trinajstić information content (AvgIpc) is 2.65. The average molecular weight is 237 g/mol. The van der Waals surface area contributed by atoms with E-state index in [4.69, 9.17) is 10.3 Å². The van der Waals surface area contributed by atoms with Gasteiger partial charge in [0.05, 0.1) is 5.54 Å². The minimum Gasteiger partial charge on any atom is -0.337 e. The van der Waals surface area contributed by atoms with Gasteiger partial charge < -0.3 is 10.3 Å². The normalized spacial score (nSPS) is 19.9. The first kappa shape index (κ1) is 12.6. The van der Waals surface area contributed by atoms with Crippen molar-refractivity contribution in [3.05, 3.63) is 11.7 Å². The van der Waals surface area contributed by atoms with Crippen molar-refractivity contribution in [2.24, 2.45) is 5.73 Å². The number of hydrogen-bond donors (Lipinski definition) is 1. The lowest BCUT2D eigenvalue weighted by molar-refractivity contribution is 0.307. The second-order valence-corrected chi connectivity index (χ2v) is 5.72. The number of nitrogens with zero attached hydrogens (tertiary/aromatic N) is 2. The molecule has 2 rings (SSSR count). The van der Waals surface area contributed by atoms with Crippen LogP contribution in [-0.2, 0) is 5.54 Å². The van der Waals surface area contributed by atoms with Crippen molar-refractivity contribution >= 4 is 0 Å². The predicted molar refractivity (Wildman–Crippen MR) is 66.6 cm³/mol. The molecule has 4 heteroatoms. The van der Waals surface area contributed by atoms with Crippen LogP contribution in [-0.4, -0.2) is 10.1 Å². The van der Waals surface area contributed by atoms with Gasteiger partial charge in [0.1, 0.15) is 0 Å². The van der Waals surface area contributed by atoms with Crippen LogP contribution in [0.15, 0.2) is 4.52 Å². The molecule has 0 spiro atoms. The Morgan fingerprint density at radius 2 is 1.71 bits per heavy atom. The lowest BCUT2D eigenvalue weighted by Crippen LogP contribution is -2.29. The van der Waals surface area contributed by atoms with Crippen LogP contribution in [0, 0.1) is 0 Å². The molecule has 96 valence electrons. The number of hydrogen-bond acceptors (Lipinski definition) is 4. The summed E-state index contributed by atoms with van der Waals surface area (Å²) < 4.78 is 5.27. The van der Waals surface area contributed by atoms with E-state index in [2.05, 4.69) is 10.1 Å². The van der Waals surface area contributed by atoms with Gasteiger partial charge in [-0.2, -0.15) is 4.98 Å². The molecule has 0 unspecified atom stereocenters. The number of aromatic nitrogens is 2. The molecule has 1 aliphatic rings. The summed E-state index contributed by atoms with van der Waals surface area (Å²) in [5, 5.41) is 4.11. The molecule has 0 aromatic carbocycles. The Bertz CT molecular complexity index is 346. The fourth-order valence-electron chi connectivity index (χ4n) is 2.38. The summed E-state index contributed by atoms with van der Waals surface area (Å²) in [5.74, 6) is 1.88. The quantitative estimate of drug-likeness (QED) is 0.858. The number of rotatable bonds is 2. The Morgan fingerprint density at radius 3 is 2.24 bits per heavy atom. The molecule has 0 radical (unpaired) electrons. The molecule has 2 N–H and O–H groups in total. The molecule has 1 heterocycles. The molecular formula is C13H23N3O. The Labute approximate surface area is 103 Å². The van der Waals surface area contributed by atoms with E-state index >= 15 is 0 Å². The summed E-state index contributed by atoms with van der Waals surface area (Å²) >= 11 is 0. The maximum absolute atomic E-state index is 5.96. The summed E-state index contributed by atoms with van der Waals surface area (Å²) in [6, 6.07) is 0. The first-order chi connectivity index (χ1) is 8.07. The monoisotopic (exact) mass is 237 g/mol. The van der Waals surface area contributed by atoms with E-state index in [0.717, 1.165) is 5.82 Å². The molecule has 4 nitrogen and oxygen atoms in total. The van der Waals surface area contributed by atoms with Crippen molar-refractivity contribution in [2.45, 2.75) is 70.3 Å². The van der Waals surface area contributed by atoms with Gasteiger partial charge in [0.15, 0.2) is 5.82 Å². The van der Waals surface area contributed by atoms with Crippen molar-refractivity contribution in [1.82, 2.24) is 10.1 Å². The maximum Gasteiger partial charge on any atom is 0.246 e. The lowest BCUT2D eigenvalue weighted by atomic mass is 9.91. The third kappa shape index (κ3) is 3.28. The standard InChI is InChI=1S/C13H23N3O/c1-13(2,14)12-15-11(16-17-12)10-8-6-4-3-5-7-9-10/h10H,3-9,14H2,1-2H3. The first-order valence-corrected chi connectivity index (χ1v) is 6.70. The highest BCUT2D eigenvalue weighted by molar-refractivity contribution is 5.01. The highest BCUT2D eigenvalue weighted by Gasteiger charge is 2.25. The smallest absolute Gasteiger partial charge is 0.246 e. The molecule has 1 aliphatic carbocycles. The molecule has 0 atom stereocenters. The van der Waals surface area contributed by atoms with E-state index in [9.17, 15) is 0 Å². The molecule has 0 bridgehead atoms. The first-order valence-electron chi connectivity index (χ1n) is 6.70. The fourth-order valence-corrected chi connectivity index (χ4v) is 2.38. The molecule has 1 aromatic rings. The Balaban J connectivity index is 2.07. The summed E-state index contributed by atoms with van der Waals surface area (Å²) in [6.07, 6.45) is 8.97. The van der Waals surface area contributed by atoms with Crippen LogP contribution in [0.1, 0.15) is 76.4 Å². The van der Waals surface area contributed by atoms with Crippen molar-refractivity contribution in [3.63, 3.8) is 0 Å². The van der Waals surface area contributed by atoms with Gasteiger partial charge in [-0.15, -0.1) is 0 Å². The van der Waals surface area contributed by atoms with Crippen LogP contribution >= 0.6 is 0 Å². The topological polar surface area (TPSA) is 64.9 Å². The minimum absolute atomic E-state index is 0.468. The van der Waals surface area contributed by atoms with Crippen molar-refractivity contribution < 1.29 is 4.52 Å². The third-order valence-corrected chi connectivity index (χ3v) is 3.46. The minimum atomic E-state index is -0.535. The molecule has 1 aromatic heterocycles. The largest absolute Gasteiger partial charge is 0.337 e. The van der Waals surface area contributed by atoms with E-state index in [1.54, 1.807) is 0 Å². The summed E-state index contributed by atoms with van der Waals surface area (Å²) in [7, 11) is 0. The van der Waals surface area contributed by atoms with Gasteiger partial charge in [-0.1, -0.05) is 37.3 Å². The van der Waals surface area contributed by atoms with Crippen LogP contribution in [0.4, 0.5) is 0 Å². The van der Waals surface area contributed by atoms with Gasteiger partial charge >= 0.3 is 0 Å². The zero-order valence-electron chi connectivity index (χ0n) is 10.9. The second kappa shape index (κ2) is 5.17. The number of nitrogens with two attached hydrogens (primary N) is 1. The van der Waals surface area contributed by atoms with Gasteiger partial charge in [-0.3, -0.25) is 0 Å². The predicted octanol–water partition coefficient (Wildman–Crippen LogP) is 3.09.